The second-order valence-corrected chi connectivity index (χ2v) is 5.66. The molecule has 0 heterocycles. The van der Waals surface area contributed by atoms with Crippen LogP contribution in [0.2, 0.25) is 6.04 Å². The first-order chi connectivity index (χ1) is 6.37. The van der Waals surface area contributed by atoms with Gasteiger partial charge in [-0.3, -0.25) is 8.80 Å². The van der Waals surface area contributed by atoms with E-state index in [9.17, 15) is 14.4 Å². The van der Waals surface area contributed by atoms with Gasteiger partial charge in [0.05, 0.1) is 0 Å². The van der Waals surface area contributed by atoms with Crippen LogP contribution in [0, 0.1) is 5.92 Å². The fourth-order valence-electron chi connectivity index (χ4n) is 0.871. The molecular formula is C10H23Na3O3Si. The zero-order valence-electron chi connectivity index (χ0n) is 12.8. The standard InChI is InChI=1S/C7H15O3Si.C3H8.3Na/c1-3-7(2)5-4-6-11(8,9)10;1-3-2;;;/h7H,3-6H2,1-2H3;3H2,1-2H3;;;/q-3;;3*+1. The molecule has 0 aromatic rings. The van der Waals surface area contributed by atoms with E-state index in [-0.39, 0.29) is 94.7 Å². The second kappa shape index (κ2) is 21.4. The summed E-state index contributed by atoms with van der Waals surface area (Å²) in [7, 11) is -4.49. The van der Waals surface area contributed by atoms with Crippen molar-refractivity contribution in [2.45, 2.75) is 59.4 Å². The Balaban J connectivity index is -0.0000000724. The van der Waals surface area contributed by atoms with Crippen molar-refractivity contribution in [3.05, 3.63) is 0 Å². The first-order valence-electron chi connectivity index (χ1n) is 5.48. The van der Waals surface area contributed by atoms with Gasteiger partial charge in [-0.25, -0.2) is 0 Å². The number of rotatable bonds is 5. The van der Waals surface area contributed by atoms with Crippen LogP contribution in [0.4, 0.5) is 0 Å². The summed E-state index contributed by atoms with van der Waals surface area (Å²) in [5.41, 5.74) is 0. The van der Waals surface area contributed by atoms with Gasteiger partial charge in [0.15, 0.2) is 0 Å². The minimum absolute atomic E-state index is 0. The van der Waals surface area contributed by atoms with Gasteiger partial charge in [0.1, 0.15) is 0 Å². The van der Waals surface area contributed by atoms with E-state index in [0.29, 0.717) is 12.3 Å². The van der Waals surface area contributed by atoms with Crippen LogP contribution in [0.3, 0.4) is 0 Å². The first kappa shape index (κ1) is 32.2. The Kier molecular flexibility index (Phi) is 40.5. The zero-order chi connectivity index (χ0) is 11.6. The maximum atomic E-state index is 10.2. The van der Waals surface area contributed by atoms with Gasteiger partial charge in [-0.2, -0.15) is 0 Å². The zero-order valence-corrected chi connectivity index (χ0v) is 19.8. The van der Waals surface area contributed by atoms with E-state index in [4.69, 9.17) is 0 Å². The fourth-order valence-corrected chi connectivity index (χ4v) is 1.51. The molecule has 7 heteroatoms. The van der Waals surface area contributed by atoms with Crippen molar-refractivity contribution in [2.24, 2.45) is 5.92 Å². The van der Waals surface area contributed by atoms with Crippen LogP contribution in [0.25, 0.3) is 0 Å². The van der Waals surface area contributed by atoms with Crippen LogP contribution in [0.1, 0.15) is 53.4 Å². The third-order valence-electron chi connectivity index (χ3n) is 1.88. The minimum Gasteiger partial charge on any atom is -0.881 e. The Morgan fingerprint density at radius 3 is 1.53 bits per heavy atom. The van der Waals surface area contributed by atoms with Crippen molar-refractivity contribution in [3.8, 4) is 0 Å². The predicted octanol–water partition coefficient (Wildman–Crippen LogP) is -8.74. The van der Waals surface area contributed by atoms with Gasteiger partial charge in [0.25, 0.3) is 0 Å². The van der Waals surface area contributed by atoms with E-state index in [2.05, 4.69) is 27.7 Å². The Bertz CT molecular complexity index is 124. The van der Waals surface area contributed by atoms with Gasteiger partial charge in [-0.1, -0.05) is 53.4 Å². The van der Waals surface area contributed by atoms with Crippen LogP contribution in [0.5, 0.6) is 0 Å². The third kappa shape index (κ3) is 38.1. The number of hydrogen-bond donors (Lipinski definition) is 0. The van der Waals surface area contributed by atoms with E-state index in [1.165, 1.54) is 6.42 Å². The second-order valence-electron chi connectivity index (χ2n) is 3.80. The molecule has 0 amide bonds. The summed E-state index contributed by atoms with van der Waals surface area (Å²) in [5.74, 6) is 0.534. The van der Waals surface area contributed by atoms with Gasteiger partial charge < -0.3 is 14.4 Å². The van der Waals surface area contributed by atoms with Crippen LogP contribution in [-0.2, 0) is 0 Å². The summed E-state index contributed by atoms with van der Waals surface area (Å²) in [4.78, 5) is 30.6. The van der Waals surface area contributed by atoms with Crippen molar-refractivity contribution in [2.75, 3.05) is 0 Å². The molecule has 0 aliphatic rings. The van der Waals surface area contributed by atoms with Gasteiger partial charge in [-0.05, 0) is 5.92 Å². The normalized spacial score (nSPS) is 10.8. The molecule has 0 aromatic carbocycles. The summed E-state index contributed by atoms with van der Waals surface area (Å²) >= 11 is 0. The van der Waals surface area contributed by atoms with E-state index < -0.39 is 8.80 Å². The maximum Gasteiger partial charge on any atom is 1.00 e. The molecule has 0 aromatic heterocycles. The molecule has 0 bridgehead atoms. The van der Waals surface area contributed by atoms with Crippen molar-refractivity contribution in [1.82, 2.24) is 0 Å². The van der Waals surface area contributed by atoms with Crippen LogP contribution < -0.4 is 103 Å². The molecule has 0 N–H and O–H groups in total. The summed E-state index contributed by atoms with van der Waals surface area (Å²) in [5, 5.41) is 0. The van der Waals surface area contributed by atoms with E-state index >= 15 is 0 Å². The maximum absolute atomic E-state index is 10.2. The monoisotopic (exact) mass is 288 g/mol. The molecule has 0 aliphatic carbocycles. The molecule has 0 aliphatic heterocycles. The Morgan fingerprint density at radius 1 is 0.941 bits per heavy atom. The van der Waals surface area contributed by atoms with Crippen molar-refractivity contribution in [1.29, 1.82) is 0 Å². The quantitative estimate of drug-likeness (QED) is 0.472. The summed E-state index contributed by atoms with van der Waals surface area (Å²) in [6.45, 7) is 8.37. The molecule has 0 saturated carbocycles. The SMILES string of the molecule is CCC.CCC(C)CCC[Si]([O-])([O-])[O-].[Na+].[Na+].[Na+]. The largest absolute Gasteiger partial charge is 1.00 e. The van der Waals surface area contributed by atoms with Crippen molar-refractivity contribution in [3.63, 3.8) is 0 Å². The van der Waals surface area contributed by atoms with Gasteiger partial charge in [-0.15, -0.1) is 6.04 Å². The van der Waals surface area contributed by atoms with Crippen molar-refractivity contribution >= 4 is 8.80 Å². The van der Waals surface area contributed by atoms with Crippen LogP contribution >= 0.6 is 0 Å². The smallest absolute Gasteiger partial charge is 0.881 e. The molecule has 3 nitrogen and oxygen atoms in total. The summed E-state index contributed by atoms with van der Waals surface area (Å²) in [6, 6.07) is -0.155. The molecule has 0 radical (unpaired) electrons. The average molecular weight is 288 g/mol. The molecule has 88 valence electrons. The molecule has 0 spiro atoms. The molecule has 0 saturated heterocycles. The van der Waals surface area contributed by atoms with Crippen LogP contribution in [0.15, 0.2) is 0 Å². The van der Waals surface area contributed by atoms with E-state index in [1.807, 2.05) is 0 Å². The molecule has 1 unspecified atom stereocenters. The van der Waals surface area contributed by atoms with Crippen LogP contribution in [-0.4, -0.2) is 8.80 Å². The van der Waals surface area contributed by atoms with Gasteiger partial charge in [0, 0.05) is 0 Å². The predicted molar refractivity (Wildman–Crippen MR) is 55.2 cm³/mol. The molecule has 1 atom stereocenters. The Morgan fingerprint density at radius 2 is 1.29 bits per heavy atom. The van der Waals surface area contributed by atoms with E-state index in [0.717, 1.165) is 12.8 Å². The van der Waals surface area contributed by atoms with E-state index in [1.54, 1.807) is 0 Å². The molecule has 0 rings (SSSR count). The summed E-state index contributed by atoms with van der Waals surface area (Å²) in [6.07, 6.45) is 3.67. The molecule has 0 fully saturated rings. The Labute approximate surface area is 174 Å². The number of hydrogen-bond acceptors (Lipinski definition) is 3. The third-order valence-corrected chi connectivity index (χ3v) is 2.84. The van der Waals surface area contributed by atoms with Gasteiger partial charge in [0.2, 0.25) is 0 Å². The van der Waals surface area contributed by atoms with Gasteiger partial charge >= 0.3 is 88.7 Å². The average Bonchev–Trinajstić information content (AvgIpc) is 2.03. The molecular weight excluding hydrogens is 265 g/mol. The minimum atomic E-state index is -4.49. The summed E-state index contributed by atoms with van der Waals surface area (Å²) < 4.78 is 0. The molecule has 17 heavy (non-hydrogen) atoms. The first-order valence-corrected chi connectivity index (χ1v) is 7.41. The fraction of sp³-hybridized carbons (Fsp3) is 1.00. The Hall–Kier alpha value is 3.10. The van der Waals surface area contributed by atoms with Crippen molar-refractivity contribution < 1.29 is 103 Å². The topological polar surface area (TPSA) is 69.2 Å².